The topological polar surface area (TPSA) is 3.24 Å². The van der Waals surface area contributed by atoms with Crippen LogP contribution in [0.5, 0.6) is 0 Å². The zero-order valence-corrected chi connectivity index (χ0v) is 7.39. The molecular formula is C10H19N. The van der Waals surface area contributed by atoms with Crippen LogP contribution < -0.4 is 0 Å². The molecule has 1 aliphatic rings. The molecule has 1 rings (SSSR count). The molecular weight excluding hydrogens is 134 g/mol. The fourth-order valence-electron chi connectivity index (χ4n) is 1.63. The van der Waals surface area contributed by atoms with Crippen molar-refractivity contribution in [1.82, 2.24) is 4.90 Å². The van der Waals surface area contributed by atoms with Crippen molar-refractivity contribution in [3.63, 3.8) is 0 Å². The summed E-state index contributed by atoms with van der Waals surface area (Å²) in [5.41, 5.74) is 0. The molecule has 0 aromatic heterocycles. The van der Waals surface area contributed by atoms with Gasteiger partial charge >= 0.3 is 0 Å². The van der Waals surface area contributed by atoms with Crippen molar-refractivity contribution in [2.24, 2.45) is 0 Å². The molecule has 64 valence electrons. The monoisotopic (exact) mass is 153 g/mol. The van der Waals surface area contributed by atoms with Crippen molar-refractivity contribution in [3.05, 3.63) is 12.7 Å². The van der Waals surface area contributed by atoms with Gasteiger partial charge in [0.2, 0.25) is 0 Å². The van der Waals surface area contributed by atoms with E-state index in [-0.39, 0.29) is 0 Å². The summed E-state index contributed by atoms with van der Waals surface area (Å²) in [4.78, 5) is 2.56. The quantitative estimate of drug-likeness (QED) is 0.563. The van der Waals surface area contributed by atoms with Crippen LogP contribution in [0.2, 0.25) is 0 Å². The summed E-state index contributed by atoms with van der Waals surface area (Å²) in [6.45, 7) is 7.59. The van der Waals surface area contributed by atoms with Crippen LogP contribution in [-0.2, 0) is 0 Å². The van der Waals surface area contributed by atoms with E-state index in [0.717, 1.165) is 6.42 Å². The van der Waals surface area contributed by atoms with Crippen molar-refractivity contribution >= 4 is 0 Å². The van der Waals surface area contributed by atoms with Gasteiger partial charge in [0.15, 0.2) is 0 Å². The largest absolute Gasteiger partial charge is 0.303 e. The Kier molecular flexibility index (Phi) is 4.29. The highest BCUT2D eigenvalue weighted by molar-refractivity contribution is 4.71. The Balaban J connectivity index is 2.14. The Morgan fingerprint density at radius 3 is 2.27 bits per heavy atom. The Hall–Kier alpha value is -0.300. The van der Waals surface area contributed by atoms with E-state index in [1.54, 1.807) is 0 Å². The summed E-state index contributed by atoms with van der Waals surface area (Å²) in [7, 11) is 0. The molecule has 11 heavy (non-hydrogen) atoms. The Labute approximate surface area is 70.1 Å². The third-order valence-electron chi connectivity index (χ3n) is 2.35. The van der Waals surface area contributed by atoms with Crippen LogP contribution in [0.15, 0.2) is 12.7 Å². The van der Waals surface area contributed by atoms with Crippen molar-refractivity contribution in [2.45, 2.75) is 32.1 Å². The fraction of sp³-hybridized carbons (Fsp3) is 0.800. The molecule has 0 amide bonds. The first-order chi connectivity index (χ1) is 5.43. The Morgan fingerprint density at radius 2 is 1.73 bits per heavy atom. The molecule has 0 N–H and O–H groups in total. The molecule has 0 bridgehead atoms. The summed E-state index contributed by atoms with van der Waals surface area (Å²) in [6.07, 6.45) is 8.84. The smallest absolute Gasteiger partial charge is 0.00158 e. The molecule has 1 saturated heterocycles. The highest BCUT2D eigenvalue weighted by Crippen LogP contribution is 2.09. The van der Waals surface area contributed by atoms with Crippen LogP contribution in [0.25, 0.3) is 0 Å². The molecule has 0 unspecified atom stereocenters. The van der Waals surface area contributed by atoms with Crippen molar-refractivity contribution < 1.29 is 0 Å². The first kappa shape index (κ1) is 8.79. The van der Waals surface area contributed by atoms with Gasteiger partial charge in [-0.1, -0.05) is 18.9 Å². The molecule has 0 spiro atoms. The molecule has 0 radical (unpaired) electrons. The van der Waals surface area contributed by atoms with Crippen LogP contribution in [-0.4, -0.2) is 24.5 Å². The number of hydrogen-bond acceptors (Lipinski definition) is 1. The number of rotatable bonds is 3. The van der Waals surface area contributed by atoms with E-state index in [9.17, 15) is 0 Å². The molecule has 1 aliphatic heterocycles. The Morgan fingerprint density at radius 1 is 1.09 bits per heavy atom. The molecule has 0 saturated carbocycles. The molecule has 0 aliphatic carbocycles. The van der Waals surface area contributed by atoms with Gasteiger partial charge in [0, 0.05) is 6.54 Å². The van der Waals surface area contributed by atoms with Crippen LogP contribution >= 0.6 is 0 Å². The Bertz CT molecular complexity index is 101. The normalized spacial score (nSPS) is 21.1. The van der Waals surface area contributed by atoms with E-state index in [4.69, 9.17) is 0 Å². The van der Waals surface area contributed by atoms with Crippen LogP contribution in [0.3, 0.4) is 0 Å². The van der Waals surface area contributed by atoms with Gasteiger partial charge in [-0.2, -0.15) is 0 Å². The molecule has 1 fully saturated rings. The van der Waals surface area contributed by atoms with E-state index < -0.39 is 0 Å². The number of nitrogens with zero attached hydrogens (tertiary/aromatic N) is 1. The summed E-state index contributed by atoms with van der Waals surface area (Å²) < 4.78 is 0. The maximum Gasteiger partial charge on any atom is 0.00158 e. The van der Waals surface area contributed by atoms with Crippen molar-refractivity contribution in [2.75, 3.05) is 19.6 Å². The fourth-order valence-corrected chi connectivity index (χ4v) is 1.63. The predicted octanol–water partition coefficient (Wildman–Crippen LogP) is 2.44. The standard InChI is InChI=1S/C10H19N/c1-2-3-8-11-9-6-4-5-7-10-11/h2H,1,3-10H2. The van der Waals surface area contributed by atoms with Gasteiger partial charge in [-0.25, -0.2) is 0 Å². The van der Waals surface area contributed by atoms with Crippen LogP contribution in [0, 0.1) is 0 Å². The lowest BCUT2D eigenvalue weighted by Gasteiger charge is -2.18. The van der Waals surface area contributed by atoms with E-state index in [1.807, 2.05) is 6.08 Å². The number of hydrogen-bond donors (Lipinski definition) is 0. The van der Waals surface area contributed by atoms with Crippen molar-refractivity contribution in [3.8, 4) is 0 Å². The molecule has 0 atom stereocenters. The highest BCUT2D eigenvalue weighted by atomic mass is 15.1. The molecule has 1 nitrogen and oxygen atoms in total. The predicted molar refractivity (Wildman–Crippen MR) is 49.7 cm³/mol. The first-order valence-electron chi connectivity index (χ1n) is 4.77. The van der Waals surface area contributed by atoms with E-state index >= 15 is 0 Å². The average Bonchev–Trinajstić information content (AvgIpc) is 2.28. The lowest BCUT2D eigenvalue weighted by atomic mass is 10.2. The first-order valence-corrected chi connectivity index (χ1v) is 4.77. The average molecular weight is 153 g/mol. The lowest BCUT2D eigenvalue weighted by molar-refractivity contribution is 0.291. The van der Waals surface area contributed by atoms with Gasteiger partial charge in [0.1, 0.15) is 0 Å². The summed E-state index contributed by atoms with van der Waals surface area (Å²) in [6, 6.07) is 0. The van der Waals surface area contributed by atoms with Crippen LogP contribution in [0.1, 0.15) is 32.1 Å². The molecule has 0 aromatic carbocycles. The van der Waals surface area contributed by atoms with Gasteiger partial charge in [0.05, 0.1) is 0 Å². The zero-order chi connectivity index (χ0) is 7.94. The van der Waals surface area contributed by atoms with Gasteiger partial charge in [-0.3, -0.25) is 0 Å². The van der Waals surface area contributed by atoms with E-state index in [0.29, 0.717) is 0 Å². The van der Waals surface area contributed by atoms with Crippen LogP contribution in [0.4, 0.5) is 0 Å². The minimum Gasteiger partial charge on any atom is -0.303 e. The van der Waals surface area contributed by atoms with Gasteiger partial charge in [-0.15, -0.1) is 6.58 Å². The minimum absolute atomic E-state index is 1.15. The SMILES string of the molecule is C=CCCN1CCCCCC1. The summed E-state index contributed by atoms with van der Waals surface area (Å²) >= 11 is 0. The summed E-state index contributed by atoms with van der Waals surface area (Å²) in [5.74, 6) is 0. The second-order valence-corrected chi connectivity index (χ2v) is 3.33. The van der Waals surface area contributed by atoms with E-state index in [2.05, 4.69) is 11.5 Å². The lowest BCUT2D eigenvalue weighted by Crippen LogP contribution is -2.25. The minimum atomic E-state index is 1.15. The maximum absolute atomic E-state index is 3.74. The highest BCUT2D eigenvalue weighted by Gasteiger charge is 2.06. The van der Waals surface area contributed by atoms with Gasteiger partial charge in [0.25, 0.3) is 0 Å². The third-order valence-corrected chi connectivity index (χ3v) is 2.35. The van der Waals surface area contributed by atoms with Gasteiger partial charge in [-0.05, 0) is 32.4 Å². The molecule has 1 heterocycles. The zero-order valence-electron chi connectivity index (χ0n) is 7.39. The maximum atomic E-state index is 3.74. The third kappa shape index (κ3) is 3.57. The van der Waals surface area contributed by atoms with Gasteiger partial charge < -0.3 is 4.90 Å². The van der Waals surface area contributed by atoms with Crippen molar-refractivity contribution in [1.29, 1.82) is 0 Å². The molecule has 0 aromatic rings. The second kappa shape index (κ2) is 5.36. The number of likely N-dealkylation sites (tertiary alicyclic amines) is 1. The second-order valence-electron chi connectivity index (χ2n) is 3.33. The van der Waals surface area contributed by atoms with E-state index in [1.165, 1.54) is 45.3 Å². The summed E-state index contributed by atoms with van der Waals surface area (Å²) in [5, 5.41) is 0. The molecule has 1 heteroatoms.